The number of rotatable bonds is 2. The zero-order chi connectivity index (χ0) is 13.1. The summed E-state index contributed by atoms with van der Waals surface area (Å²) in [5.74, 6) is 0.323. The summed E-state index contributed by atoms with van der Waals surface area (Å²) in [6.45, 7) is 10.2. The Morgan fingerprint density at radius 3 is 2.37 bits per heavy atom. The molecule has 19 heavy (non-hydrogen) atoms. The number of hydrogen-bond donors (Lipinski definition) is 1. The SMILES string of the molecule is CC1CCCC(C)N1C(=O)CN1CCNC[C@H]1C.Cl. The van der Waals surface area contributed by atoms with Gasteiger partial charge in [-0.2, -0.15) is 0 Å². The van der Waals surface area contributed by atoms with Crippen molar-refractivity contribution < 1.29 is 4.79 Å². The van der Waals surface area contributed by atoms with Crippen molar-refractivity contribution in [2.24, 2.45) is 0 Å². The van der Waals surface area contributed by atoms with Crippen LogP contribution in [-0.2, 0) is 4.79 Å². The Morgan fingerprint density at radius 1 is 1.16 bits per heavy atom. The van der Waals surface area contributed by atoms with Crippen LogP contribution in [0, 0.1) is 0 Å². The molecular formula is C14H28ClN3O. The van der Waals surface area contributed by atoms with Crippen LogP contribution in [0.5, 0.6) is 0 Å². The average Bonchev–Trinajstić information content (AvgIpc) is 2.32. The Kier molecular flexibility index (Phi) is 6.57. The molecule has 2 aliphatic rings. The molecular weight excluding hydrogens is 262 g/mol. The summed E-state index contributed by atoms with van der Waals surface area (Å²) in [4.78, 5) is 16.9. The van der Waals surface area contributed by atoms with Crippen LogP contribution in [0.1, 0.15) is 40.0 Å². The van der Waals surface area contributed by atoms with Crippen LogP contribution in [0.25, 0.3) is 0 Å². The molecule has 2 rings (SSSR count). The van der Waals surface area contributed by atoms with Crippen LogP contribution in [0.4, 0.5) is 0 Å². The predicted octanol–water partition coefficient (Wildman–Crippen LogP) is 1.49. The number of piperazine rings is 1. The fraction of sp³-hybridized carbons (Fsp3) is 0.929. The summed E-state index contributed by atoms with van der Waals surface area (Å²) >= 11 is 0. The lowest BCUT2D eigenvalue weighted by atomic mass is 9.97. The molecule has 2 heterocycles. The van der Waals surface area contributed by atoms with Gasteiger partial charge in [0.05, 0.1) is 6.54 Å². The zero-order valence-corrected chi connectivity index (χ0v) is 13.2. The summed E-state index contributed by atoms with van der Waals surface area (Å²) in [7, 11) is 0. The fourth-order valence-electron chi connectivity index (χ4n) is 3.29. The maximum Gasteiger partial charge on any atom is 0.237 e. The summed E-state index contributed by atoms with van der Waals surface area (Å²) in [6, 6.07) is 1.30. The molecule has 1 N–H and O–H groups in total. The summed E-state index contributed by atoms with van der Waals surface area (Å²) in [5, 5.41) is 3.37. The number of halogens is 1. The van der Waals surface area contributed by atoms with Crippen molar-refractivity contribution in [1.29, 1.82) is 0 Å². The molecule has 112 valence electrons. The standard InChI is InChI=1S/C14H27N3O.ClH/c1-11-5-4-6-12(2)17(11)14(18)10-16-8-7-15-9-13(16)3;/h11-13,15H,4-10H2,1-3H3;1H/t11?,12?,13-;/m1./s1. The second-order valence-corrected chi connectivity index (χ2v) is 5.95. The zero-order valence-electron chi connectivity index (χ0n) is 12.4. The fourth-order valence-corrected chi connectivity index (χ4v) is 3.29. The number of likely N-dealkylation sites (tertiary alicyclic amines) is 1. The monoisotopic (exact) mass is 289 g/mol. The Labute approximate surface area is 123 Å². The van der Waals surface area contributed by atoms with E-state index in [4.69, 9.17) is 0 Å². The minimum absolute atomic E-state index is 0. The molecule has 0 aromatic rings. The maximum atomic E-state index is 12.5. The van der Waals surface area contributed by atoms with E-state index in [1.54, 1.807) is 0 Å². The van der Waals surface area contributed by atoms with Crippen molar-refractivity contribution >= 4 is 18.3 Å². The van der Waals surface area contributed by atoms with E-state index in [0.29, 0.717) is 30.6 Å². The van der Waals surface area contributed by atoms with Crippen LogP contribution < -0.4 is 5.32 Å². The quantitative estimate of drug-likeness (QED) is 0.837. The van der Waals surface area contributed by atoms with Gasteiger partial charge in [-0.3, -0.25) is 9.69 Å². The average molecular weight is 290 g/mol. The van der Waals surface area contributed by atoms with Gasteiger partial charge in [-0.15, -0.1) is 12.4 Å². The lowest BCUT2D eigenvalue weighted by molar-refractivity contribution is -0.139. The number of carbonyl (C=O) groups excluding carboxylic acids is 1. The van der Waals surface area contributed by atoms with Gasteiger partial charge in [0.2, 0.25) is 5.91 Å². The highest BCUT2D eigenvalue weighted by Crippen LogP contribution is 2.22. The van der Waals surface area contributed by atoms with Gasteiger partial charge in [0.15, 0.2) is 0 Å². The molecule has 0 bridgehead atoms. The molecule has 3 atom stereocenters. The van der Waals surface area contributed by atoms with E-state index in [9.17, 15) is 4.79 Å². The van der Waals surface area contributed by atoms with E-state index in [0.717, 1.165) is 32.5 Å². The minimum Gasteiger partial charge on any atom is -0.336 e. The predicted molar refractivity (Wildman–Crippen MR) is 80.8 cm³/mol. The van der Waals surface area contributed by atoms with Crippen molar-refractivity contribution in [3.05, 3.63) is 0 Å². The van der Waals surface area contributed by atoms with E-state index < -0.39 is 0 Å². The topological polar surface area (TPSA) is 35.6 Å². The van der Waals surface area contributed by atoms with Crippen molar-refractivity contribution in [2.45, 2.75) is 58.2 Å². The number of nitrogens with one attached hydrogen (secondary N) is 1. The first-order valence-electron chi connectivity index (χ1n) is 7.35. The van der Waals surface area contributed by atoms with E-state index in [-0.39, 0.29) is 12.4 Å². The first-order valence-corrected chi connectivity index (χ1v) is 7.35. The van der Waals surface area contributed by atoms with Crippen molar-refractivity contribution in [3.63, 3.8) is 0 Å². The van der Waals surface area contributed by atoms with Crippen LogP contribution in [0.3, 0.4) is 0 Å². The first-order chi connectivity index (χ1) is 8.59. The molecule has 5 heteroatoms. The third-order valence-corrected chi connectivity index (χ3v) is 4.46. The number of carbonyl (C=O) groups is 1. The Balaban J connectivity index is 0.00000180. The Morgan fingerprint density at radius 2 is 1.79 bits per heavy atom. The summed E-state index contributed by atoms with van der Waals surface area (Å²) < 4.78 is 0. The number of nitrogens with zero attached hydrogens (tertiary/aromatic N) is 2. The molecule has 0 saturated carbocycles. The number of piperidine rings is 1. The highest BCUT2D eigenvalue weighted by atomic mass is 35.5. The first kappa shape index (κ1) is 16.7. The van der Waals surface area contributed by atoms with Gasteiger partial charge >= 0.3 is 0 Å². The lowest BCUT2D eigenvalue weighted by Gasteiger charge is -2.41. The van der Waals surface area contributed by atoms with Crippen molar-refractivity contribution in [3.8, 4) is 0 Å². The van der Waals surface area contributed by atoms with Gasteiger partial charge < -0.3 is 10.2 Å². The van der Waals surface area contributed by atoms with Gasteiger partial charge in [-0.1, -0.05) is 0 Å². The van der Waals surface area contributed by atoms with Gasteiger partial charge in [0.25, 0.3) is 0 Å². The van der Waals surface area contributed by atoms with Gasteiger partial charge in [-0.25, -0.2) is 0 Å². The molecule has 2 aliphatic heterocycles. The Hall–Kier alpha value is -0.320. The van der Waals surface area contributed by atoms with Crippen molar-refractivity contribution in [2.75, 3.05) is 26.2 Å². The molecule has 4 nitrogen and oxygen atoms in total. The largest absolute Gasteiger partial charge is 0.336 e. The molecule has 2 fully saturated rings. The molecule has 0 aliphatic carbocycles. The molecule has 0 aromatic carbocycles. The molecule has 0 radical (unpaired) electrons. The van der Waals surface area contributed by atoms with Crippen molar-refractivity contribution in [1.82, 2.24) is 15.1 Å². The van der Waals surface area contributed by atoms with E-state index in [2.05, 4.69) is 35.9 Å². The summed E-state index contributed by atoms with van der Waals surface area (Å²) in [5.41, 5.74) is 0. The Bertz CT molecular complexity index is 290. The molecule has 0 aromatic heterocycles. The maximum absolute atomic E-state index is 12.5. The second-order valence-electron chi connectivity index (χ2n) is 5.95. The lowest BCUT2D eigenvalue weighted by Crippen LogP contribution is -2.56. The van der Waals surface area contributed by atoms with E-state index in [1.165, 1.54) is 6.42 Å². The van der Waals surface area contributed by atoms with Crippen LogP contribution in [-0.4, -0.2) is 60.0 Å². The van der Waals surface area contributed by atoms with Crippen LogP contribution in [0.2, 0.25) is 0 Å². The van der Waals surface area contributed by atoms with Gasteiger partial charge in [0.1, 0.15) is 0 Å². The summed E-state index contributed by atoms with van der Waals surface area (Å²) in [6.07, 6.45) is 3.58. The van der Waals surface area contributed by atoms with E-state index >= 15 is 0 Å². The smallest absolute Gasteiger partial charge is 0.237 e. The van der Waals surface area contributed by atoms with Crippen LogP contribution in [0.15, 0.2) is 0 Å². The highest BCUT2D eigenvalue weighted by molar-refractivity contribution is 5.85. The third-order valence-electron chi connectivity index (χ3n) is 4.46. The van der Waals surface area contributed by atoms with Gasteiger partial charge in [-0.05, 0) is 40.0 Å². The van der Waals surface area contributed by atoms with Crippen LogP contribution >= 0.6 is 12.4 Å². The normalized spacial score (nSPS) is 32.8. The molecule has 2 saturated heterocycles. The van der Waals surface area contributed by atoms with Gasteiger partial charge in [0, 0.05) is 37.8 Å². The minimum atomic E-state index is 0. The highest BCUT2D eigenvalue weighted by Gasteiger charge is 2.30. The van der Waals surface area contributed by atoms with E-state index in [1.807, 2.05) is 0 Å². The second kappa shape index (κ2) is 7.46. The third kappa shape index (κ3) is 4.07. The molecule has 0 spiro atoms. The number of hydrogen-bond acceptors (Lipinski definition) is 3. The number of amides is 1. The molecule has 1 amide bonds. The molecule has 2 unspecified atom stereocenters.